The molecule has 1 aliphatic heterocycles. The van der Waals surface area contributed by atoms with Crippen LogP contribution < -0.4 is 0 Å². The summed E-state index contributed by atoms with van der Waals surface area (Å²) in [6.07, 6.45) is 6.55. The van der Waals surface area contributed by atoms with Gasteiger partial charge >= 0.3 is 0 Å². The molecule has 0 atom stereocenters. The zero-order valence-corrected chi connectivity index (χ0v) is 14.9. The van der Waals surface area contributed by atoms with E-state index in [9.17, 15) is 9.50 Å². The Hall–Kier alpha value is -1.68. The van der Waals surface area contributed by atoms with Gasteiger partial charge in [0.15, 0.2) is 0 Å². The Labute approximate surface area is 153 Å². The van der Waals surface area contributed by atoms with Gasteiger partial charge in [0.1, 0.15) is 5.82 Å². The number of hydrogen-bond acceptors (Lipinski definition) is 2. The highest BCUT2D eigenvalue weighted by Crippen LogP contribution is 2.33. The zero-order valence-electron chi connectivity index (χ0n) is 14.2. The first-order valence-corrected chi connectivity index (χ1v) is 9.06. The van der Waals surface area contributed by atoms with E-state index in [-0.39, 0.29) is 5.82 Å². The molecule has 0 unspecified atom stereocenters. The third-order valence-corrected chi connectivity index (χ3v) is 5.11. The third-order valence-electron chi connectivity index (χ3n) is 4.86. The number of likely N-dealkylation sites (tertiary alicyclic amines) is 1. The lowest BCUT2D eigenvalue weighted by Crippen LogP contribution is -2.42. The van der Waals surface area contributed by atoms with Gasteiger partial charge in [-0.3, -0.25) is 0 Å². The molecular weight excluding hydrogens is 337 g/mol. The minimum Gasteiger partial charge on any atom is -0.385 e. The number of nitrogens with zero attached hydrogens (tertiary/aromatic N) is 1. The highest BCUT2D eigenvalue weighted by Gasteiger charge is 2.33. The lowest BCUT2D eigenvalue weighted by molar-refractivity contribution is -0.0254. The van der Waals surface area contributed by atoms with Crippen LogP contribution in [0.2, 0.25) is 5.02 Å². The number of piperidine rings is 1. The molecule has 1 aliphatic rings. The zero-order chi connectivity index (χ0) is 17.7. The summed E-state index contributed by atoms with van der Waals surface area (Å²) < 4.78 is 12.9. The number of rotatable bonds is 5. The third kappa shape index (κ3) is 4.91. The van der Waals surface area contributed by atoms with Crippen LogP contribution in [-0.2, 0) is 5.60 Å². The first-order chi connectivity index (χ1) is 12.0. The van der Waals surface area contributed by atoms with Crippen molar-refractivity contribution < 1.29 is 9.50 Å². The smallest absolute Gasteiger partial charge is 0.123 e. The summed E-state index contributed by atoms with van der Waals surface area (Å²) in [5.41, 5.74) is 1.22. The van der Waals surface area contributed by atoms with Crippen LogP contribution in [-0.4, -0.2) is 29.6 Å². The van der Waals surface area contributed by atoms with Gasteiger partial charge in [0.2, 0.25) is 0 Å². The van der Waals surface area contributed by atoms with Crippen molar-refractivity contribution in [1.29, 1.82) is 0 Å². The minimum absolute atomic E-state index is 0.210. The van der Waals surface area contributed by atoms with Gasteiger partial charge in [-0.1, -0.05) is 48.0 Å². The number of benzene rings is 2. The van der Waals surface area contributed by atoms with E-state index in [0.29, 0.717) is 5.02 Å². The molecule has 1 fully saturated rings. The monoisotopic (exact) mass is 359 g/mol. The minimum atomic E-state index is -0.745. The second-order valence-corrected chi connectivity index (χ2v) is 7.06. The SMILES string of the molecule is OC1(c2ccc(Cl)cc2)CCN(CC/C=C\c2ccc(F)cc2)CC1. The molecule has 3 rings (SSSR count). The second-order valence-electron chi connectivity index (χ2n) is 6.62. The second kappa shape index (κ2) is 8.13. The highest BCUT2D eigenvalue weighted by molar-refractivity contribution is 6.30. The molecule has 0 saturated carbocycles. The summed E-state index contributed by atoms with van der Waals surface area (Å²) >= 11 is 5.93. The van der Waals surface area contributed by atoms with E-state index in [4.69, 9.17) is 11.6 Å². The molecule has 132 valence electrons. The molecule has 2 nitrogen and oxygen atoms in total. The van der Waals surface area contributed by atoms with E-state index in [2.05, 4.69) is 11.0 Å². The molecule has 25 heavy (non-hydrogen) atoms. The maximum absolute atomic E-state index is 12.9. The van der Waals surface area contributed by atoms with Crippen LogP contribution >= 0.6 is 11.6 Å². The topological polar surface area (TPSA) is 23.5 Å². The summed E-state index contributed by atoms with van der Waals surface area (Å²) in [6, 6.07) is 14.0. The van der Waals surface area contributed by atoms with Gasteiger partial charge in [0, 0.05) is 24.7 Å². The number of hydrogen-bond donors (Lipinski definition) is 1. The molecule has 0 aromatic heterocycles. The number of aliphatic hydroxyl groups is 1. The number of halogens is 2. The largest absolute Gasteiger partial charge is 0.385 e. The van der Waals surface area contributed by atoms with Crippen molar-refractivity contribution in [2.45, 2.75) is 24.9 Å². The predicted molar refractivity (Wildman–Crippen MR) is 101 cm³/mol. The van der Waals surface area contributed by atoms with Crippen LogP contribution in [0.4, 0.5) is 4.39 Å². The maximum atomic E-state index is 12.9. The normalized spacial score (nSPS) is 17.9. The molecular formula is C21H23ClFNO. The Morgan fingerprint density at radius 1 is 1.04 bits per heavy atom. The highest BCUT2D eigenvalue weighted by atomic mass is 35.5. The summed E-state index contributed by atoms with van der Waals surface area (Å²) in [6.45, 7) is 2.72. The van der Waals surface area contributed by atoms with Crippen LogP contribution in [0.3, 0.4) is 0 Å². The van der Waals surface area contributed by atoms with Crippen LogP contribution in [0.1, 0.15) is 30.4 Å². The van der Waals surface area contributed by atoms with E-state index in [1.807, 2.05) is 30.3 Å². The predicted octanol–water partition coefficient (Wildman–Crippen LogP) is 4.87. The summed E-state index contributed by atoms with van der Waals surface area (Å²) in [7, 11) is 0. The van der Waals surface area contributed by atoms with Gasteiger partial charge in [0.25, 0.3) is 0 Å². The van der Waals surface area contributed by atoms with E-state index in [1.165, 1.54) is 12.1 Å². The summed E-state index contributed by atoms with van der Waals surface area (Å²) in [4.78, 5) is 2.37. The first-order valence-electron chi connectivity index (χ1n) is 8.68. The summed E-state index contributed by atoms with van der Waals surface area (Å²) in [5, 5.41) is 11.6. The van der Waals surface area contributed by atoms with Crippen LogP contribution in [0, 0.1) is 5.82 Å². The van der Waals surface area contributed by atoms with Crippen molar-refractivity contribution in [2.75, 3.05) is 19.6 Å². The maximum Gasteiger partial charge on any atom is 0.123 e. The Balaban J connectivity index is 1.46. The Bertz CT molecular complexity index is 704. The van der Waals surface area contributed by atoms with E-state index in [1.54, 1.807) is 12.1 Å². The van der Waals surface area contributed by atoms with Gasteiger partial charge in [-0.05, 0) is 54.7 Å². The van der Waals surface area contributed by atoms with E-state index < -0.39 is 5.60 Å². The van der Waals surface area contributed by atoms with Gasteiger partial charge in [-0.2, -0.15) is 0 Å². The standard InChI is InChI=1S/C21H23ClFNO/c22-19-8-6-18(7-9-19)21(25)12-15-24(16-13-21)14-2-1-3-17-4-10-20(23)11-5-17/h1,3-11,25H,2,12-16H2/b3-1-. The molecule has 2 aromatic carbocycles. The Morgan fingerprint density at radius 2 is 1.68 bits per heavy atom. The lowest BCUT2D eigenvalue weighted by Gasteiger charge is -2.38. The molecule has 0 radical (unpaired) electrons. The average Bonchev–Trinajstić information content (AvgIpc) is 2.62. The molecule has 1 heterocycles. The van der Waals surface area contributed by atoms with E-state index >= 15 is 0 Å². The molecule has 0 amide bonds. The molecule has 2 aromatic rings. The van der Waals surface area contributed by atoms with E-state index in [0.717, 1.165) is 50.0 Å². The van der Waals surface area contributed by atoms with Gasteiger partial charge in [-0.25, -0.2) is 4.39 Å². The van der Waals surface area contributed by atoms with Crippen molar-refractivity contribution in [3.63, 3.8) is 0 Å². The molecule has 0 bridgehead atoms. The fraction of sp³-hybridized carbons (Fsp3) is 0.333. The fourth-order valence-electron chi connectivity index (χ4n) is 3.25. The van der Waals surface area contributed by atoms with Crippen molar-refractivity contribution in [3.05, 3.63) is 76.6 Å². The average molecular weight is 360 g/mol. The van der Waals surface area contributed by atoms with Gasteiger partial charge in [-0.15, -0.1) is 0 Å². The first kappa shape index (κ1) is 18.1. The molecule has 0 aliphatic carbocycles. The van der Waals surface area contributed by atoms with Gasteiger partial charge in [0.05, 0.1) is 5.60 Å². The van der Waals surface area contributed by atoms with Crippen LogP contribution in [0.25, 0.3) is 6.08 Å². The Morgan fingerprint density at radius 3 is 2.32 bits per heavy atom. The Kier molecular flexibility index (Phi) is 5.89. The van der Waals surface area contributed by atoms with Crippen LogP contribution in [0.5, 0.6) is 0 Å². The van der Waals surface area contributed by atoms with Crippen molar-refractivity contribution in [2.24, 2.45) is 0 Å². The fourth-order valence-corrected chi connectivity index (χ4v) is 3.37. The quantitative estimate of drug-likeness (QED) is 0.823. The summed E-state index contributed by atoms with van der Waals surface area (Å²) in [5.74, 6) is -0.210. The van der Waals surface area contributed by atoms with Crippen molar-refractivity contribution in [1.82, 2.24) is 4.90 Å². The van der Waals surface area contributed by atoms with Crippen molar-refractivity contribution in [3.8, 4) is 0 Å². The molecule has 1 saturated heterocycles. The van der Waals surface area contributed by atoms with Gasteiger partial charge < -0.3 is 10.0 Å². The molecule has 1 N–H and O–H groups in total. The molecule has 0 spiro atoms. The molecule has 4 heteroatoms. The van der Waals surface area contributed by atoms with Crippen LogP contribution in [0.15, 0.2) is 54.6 Å². The lowest BCUT2D eigenvalue weighted by atomic mass is 9.84. The van der Waals surface area contributed by atoms with Crippen molar-refractivity contribution >= 4 is 17.7 Å².